The largest absolute Gasteiger partial charge is 1.00 e. The summed E-state index contributed by atoms with van der Waals surface area (Å²) < 4.78 is 28.9. The fourth-order valence-corrected chi connectivity index (χ4v) is 0.594. The Bertz CT molecular complexity index is 208. The number of aliphatic carboxylic acids is 1. The van der Waals surface area contributed by atoms with Crippen LogP contribution in [0.2, 0.25) is 0 Å². The summed E-state index contributed by atoms with van der Waals surface area (Å²) in [6, 6.07) is 0. The maximum Gasteiger partial charge on any atom is 1.00 e. The van der Waals surface area contributed by atoms with Gasteiger partial charge < -0.3 is 14.6 Å². The van der Waals surface area contributed by atoms with Gasteiger partial charge in [-0.15, -0.1) is 0 Å². The van der Waals surface area contributed by atoms with Crippen LogP contribution in [0.5, 0.6) is 0 Å². The van der Waals surface area contributed by atoms with Crippen molar-refractivity contribution in [3.63, 3.8) is 0 Å². The third-order valence-electron chi connectivity index (χ3n) is 1.25. The Labute approximate surface area is 91.8 Å². The van der Waals surface area contributed by atoms with E-state index in [2.05, 4.69) is 4.74 Å². The van der Waals surface area contributed by atoms with Gasteiger partial charge in [0, 0.05) is 6.42 Å². The Hall–Kier alpha value is -0.603. The summed E-state index contributed by atoms with van der Waals surface area (Å²) in [5.74, 6) is -7.28. The van der Waals surface area contributed by atoms with E-state index in [0.29, 0.717) is 0 Å². The molecule has 14 heavy (non-hydrogen) atoms. The second kappa shape index (κ2) is 6.79. The molecule has 0 spiro atoms. The van der Waals surface area contributed by atoms with Crippen molar-refractivity contribution in [1.82, 2.24) is 0 Å². The van der Waals surface area contributed by atoms with Crippen molar-refractivity contribution < 1.29 is 47.1 Å². The fourth-order valence-electron chi connectivity index (χ4n) is 0.594. The van der Waals surface area contributed by atoms with Crippen molar-refractivity contribution in [3.8, 4) is 0 Å². The first-order valence-electron chi connectivity index (χ1n) is 3.65. The standard InChI is InChI=1S/C7H10F2O4.Li/c1-2-13-5(10)3-4-7(8,9)6(11)12;/h2-4H2,1H3,(H,11,12);/q;+1/p-1. The average Bonchev–Trinajstić information content (AvgIpc) is 2.01. The number of ether oxygens (including phenoxy) is 1. The van der Waals surface area contributed by atoms with Crippen molar-refractivity contribution >= 4 is 11.9 Å². The summed E-state index contributed by atoms with van der Waals surface area (Å²) in [5.41, 5.74) is 0. The van der Waals surface area contributed by atoms with Crippen LogP contribution in [-0.2, 0) is 14.3 Å². The van der Waals surface area contributed by atoms with E-state index in [0.717, 1.165) is 0 Å². The van der Waals surface area contributed by atoms with Crippen LogP contribution in [0, 0.1) is 0 Å². The second-order valence-corrected chi connectivity index (χ2v) is 2.30. The van der Waals surface area contributed by atoms with Gasteiger partial charge in [-0.05, 0) is 6.92 Å². The Morgan fingerprint density at radius 3 is 2.29 bits per heavy atom. The van der Waals surface area contributed by atoms with Gasteiger partial charge >= 0.3 is 24.8 Å². The monoisotopic (exact) mass is 202 g/mol. The minimum atomic E-state index is -3.97. The van der Waals surface area contributed by atoms with E-state index >= 15 is 0 Å². The molecule has 0 amide bonds. The van der Waals surface area contributed by atoms with Gasteiger partial charge in [0.2, 0.25) is 0 Å². The van der Waals surface area contributed by atoms with Gasteiger partial charge in [-0.25, -0.2) is 0 Å². The molecule has 4 nitrogen and oxygen atoms in total. The molecule has 0 radical (unpaired) electrons. The first-order chi connectivity index (χ1) is 5.90. The second-order valence-electron chi connectivity index (χ2n) is 2.30. The number of esters is 1. The molecule has 7 heteroatoms. The molecule has 0 aliphatic heterocycles. The third kappa shape index (κ3) is 5.94. The molecule has 0 aliphatic rings. The van der Waals surface area contributed by atoms with Crippen LogP contribution >= 0.6 is 0 Å². The van der Waals surface area contributed by atoms with Crippen molar-refractivity contribution in [3.05, 3.63) is 0 Å². The van der Waals surface area contributed by atoms with E-state index in [4.69, 9.17) is 0 Å². The van der Waals surface area contributed by atoms with Crippen LogP contribution in [0.3, 0.4) is 0 Å². The molecule has 0 rings (SSSR count). The number of carbonyl (C=O) groups is 2. The van der Waals surface area contributed by atoms with Crippen molar-refractivity contribution in [2.75, 3.05) is 6.61 Å². The Morgan fingerprint density at radius 1 is 1.43 bits per heavy atom. The predicted octanol–water partition coefficient (Wildman–Crippen LogP) is -3.28. The first kappa shape index (κ1) is 15.9. The van der Waals surface area contributed by atoms with Crippen LogP contribution in [0.4, 0.5) is 8.78 Å². The zero-order valence-electron chi connectivity index (χ0n) is 8.01. The summed E-state index contributed by atoms with van der Waals surface area (Å²) in [5, 5.41) is 9.78. The van der Waals surface area contributed by atoms with Crippen LogP contribution in [0.1, 0.15) is 19.8 Å². The summed E-state index contributed by atoms with van der Waals surface area (Å²) >= 11 is 0. The van der Waals surface area contributed by atoms with Crippen LogP contribution in [-0.4, -0.2) is 24.5 Å². The third-order valence-corrected chi connectivity index (χ3v) is 1.25. The van der Waals surface area contributed by atoms with E-state index in [-0.39, 0.29) is 25.5 Å². The maximum absolute atomic E-state index is 12.3. The van der Waals surface area contributed by atoms with E-state index in [1.54, 1.807) is 0 Å². The zero-order chi connectivity index (χ0) is 10.5. The number of carbonyl (C=O) groups excluding carboxylic acids is 2. The quantitative estimate of drug-likeness (QED) is 0.346. The molecule has 0 aromatic heterocycles. The molecule has 0 unspecified atom stereocenters. The van der Waals surface area contributed by atoms with Gasteiger partial charge in [-0.1, -0.05) is 0 Å². The molecule has 76 valence electrons. The molecule has 0 heterocycles. The van der Waals surface area contributed by atoms with Gasteiger partial charge in [-0.3, -0.25) is 4.79 Å². The van der Waals surface area contributed by atoms with E-state index in [9.17, 15) is 23.5 Å². The number of alkyl halides is 2. The van der Waals surface area contributed by atoms with Gasteiger partial charge in [-0.2, -0.15) is 8.78 Å². The minimum Gasteiger partial charge on any atom is -0.544 e. The summed E-state index contributed by atoms with van der Waals surface area (Å²) in [6.07, 6.45) is -1.72. The molecule has 0 aliphatic carbocycles. The molecule has 0 bridgehead atoms. The molecule has 0 atom stereocenters. The van der Waals surface area contributed by atoms with E-state index in [1.165, 1.54) is 6.92 Å². The number of hydrogen-bond acceptors (Lipinski definition) is 4. The first-order valence-corrected chi connectivity index (χ1v) is 3.65. The summed E-state index contributed by atoms with van der Waals surface area (Å²) in [4.78, 5) is 20.3. The zero-order valence-corrected chi connectivity index (χ0v) is 8.01. The number of carboxylic acid groups (broad SMARTS) is 1. The van der Waals surface area contributed by atoms with Gasteiger partial charge in [0.25, 0.3) is 5.92 Å². The number of rotatable bonds is 5. The van der Waals surface area contributed by atoms with E-state index in [1.807, 2.05) is 0 Å². The normalized spacial score (nSPS) is 10.2. The van der Waals surface area contributed by atoms with E-state index < -0.39 is 30.7 Å². The number of halogens is 2. The predicted molar refractivity (Wildman–Crippen MR) is 35.8 cm³/mol. The molecule has 0 saturated heterocycles. The average molecular weight is 202 g/mol. The van der Waals surface area contributed by atoms with Crippen molar-refractivity contribution in [2.24, 2.45) is 0 Å². The molecule has 0 N–H and O–H groups in total. The Morgan fingerprint density at radius 2 is 1.93 bits per heavy atom. The molecule has 0 aromatic rings. The van der Waals surface area contributed by atoms with Crippen LogP contribution < -0.4 is 24.0 Å². The number of hydrogen-bond donors (Lipinski definition) is 0. The van der Waals surface area contributed by atoms with Gasteiger partial charge in [0.05, 0.1) is 13.0 Å². The molecule has 0 aromatic carbocycles. The van der Waals surface area contributed by atoms with Crippen molar-refractivity contribution in [2.45, 2.75) is 25.7 Å². The summed E-state index contributed by atoms with van der Waals surface area (Å²) in [6.45, 7) is 1.60. The number of carboxylic acids is 1. The van der Waals surface area contributed by atoms with Crippen LogP contribution in [0.15, 0.2) is 0 Å². The van der Waals surface area contributed by atoms with Crippen LogP contribution in [0.25, 0.3) is 0 Å². The summed E-state index contributed by atoms with van der Waals surface area (Å²) in [7, 11) is 0. The SMILES string of the molecule is CCOC(=O)CCC(F)(F)C(=O)[O-].[Li+]. The molecular formula is C7H9F2LiO4. The Kier molecular flexibility index (Phi) is 7.69. The maximum atomic E-state index is 12.3. The molecule has 0 fully saturated rings. The molecular weight excluding hydrogens is 193 g/mol. The fraction of sp³-hybridized carbons (Fsp3) is 0.714. The van der Waals surface area contributed by atoms with Gasteiger partial charge in [0.1, 0.15) is 5.97 Å². The van der Waals surface area contributed by atoms with Gasteiger partial charge in [0.15, 0.2) is 0 Å². The molecule has 0 saturated carbocycles. The minimum absolute atomic E-state index is 0. The topological polar surface area (TPSA) is 66.4 Å². The smallest absolute Gasteiger partial charge is 0.544 e. The van der Waals surface area contributed by atoms with Crippen molar-refractivity contribution in [1.29, 1.82) is 0 Å². The Balaban J connectivity index is 0.